The molecule has 0 fully saturated rings. The molecule has 0 aliphatic rings. The second kappa shape index (κ2) is 9.50. The van der Waals surface area contributed by atoms with E-state index in [2.05, 4.69) is 41.4 Å². The number of anilines is 1. The van der Waals surface area contributed by atoms with Crippen LogP contribution in [0.2, 0.25) is 0 Å². The van der Waals surface area contributed by atoms with Crippen LogP contribution in [0.5, 0.6) is 0 Å². The third kappa shape index (κ3) is 4.77. The molecule has 0 aliphatic heterocycles. The normalized spacial score (nSPS) is 10.9. The van der Waals surface area contributed by atoms with Gasteiger partial charge >= 0.3 is 0 Å². The van der Waals surface area contributed by atoms with Gasteiger partial charge in [0.1, 0.15) is 0 Å². The minimum atomic E-state index is -0.132. The molecular formula is C20H17BrN6OS2. The zero-order chi connectivity index (χ0) is 20.9. The van der Waals surface area contributed by atoms with Crippen molar-refractivity contribution in [1.29, 1.82) is 0 Å². The van der Waals surface area contributed by atoms with Crippen molar-refractivity contribution >= 4 is 50.1 Å². The first-order valence-electron chi connectivity index (χ1n) is 9.11. The smallest absolute Gasteiger partial charge is 0.236 e. The number of carbonyl (C=O) groups excluding carboxylic acids is 1. The standard InChI is InChI=1S/C20H17BrN6OS2/c1-2-27-18(14-7-9-22-10-8-14)25-26-20(27)30-12-17(28)24-19-23-16(11-29-19)13-3-5-15(21)6-4-13/h3-11H,2,12H2,1H3,(H,23,24,28). The first-order valence-corrected chi connectivity index (χ1v) is 11.8. The molecule has 1 N–H and O–H groups in total. The van der Waals surface area contributed by atoms with E-state index in [0.717, 1.165) is 27.1 Å². The van der Waals surface area contributed by atoms with Gasteiger partial charge in [0.25, 0.3) is 0 Å². The first kappa shape index (κ1) is 20.7. The van der Waals surface area contributed by atoms with E-state index in [-0.39, 0.29) is 11.7 Å². The number of thiazole rings is 1. The molecule has 0 atom stereocenters. The van der Waals surface area contributed by atoms with Gasteiger partial charge in [-0.2, -0.15) is 0 Å². The van der Waals surface area contributed by atoms with Crippen LogP contribution < -0.4 is 5.32 Å². The number of nitrogens with zero attached hydrogens (tertiary/aromatic N) is 5. The number of halogens is 1. The topological polar surface area (TPSA) is 85.6 Å². The molecule has 10 heteroatoms. The maximum Gasteiger partial charge on any atom is 0.236 e. The molecule has 152 valence electrons. The van der Waals surface area contributed by atoms with E-state index in [1.807, 2.05) is 53.3 Å². The fourth-order valence-electron chi connectivity index (χ4n) is 2.76. The van der Waals surface area contributed by atoms with Crippen LogP contribution in [-0.4, -0.2) is 36.4 Å². The zero-order valence-corrected chi connectivity index (χ0v) is 19.2. The lowest BCUT2D eigenvalue weighted by Gasteiger charge is -2.07. The summed E-state index contributed by atoms with van der Waals surface area (Å²) in [5.74, 6) is 0.858. The quantitative estimate of drug-likeness (QED) is 0.360. The predicted molar refractivity (Wildman–Crippen MR) is 124 cm³/mol. The second-order valence-corrected chi connectivity index (χ2v) is 8.88. The SMILES string of the molecule is CCn1c(SCC(=O)Nc2nc(-c3ccc(Br)cc3)cs2)nnc1-c1ccncc1. The van der Waals surface area contributed by atoms with Gasteiger partial charge in [0.2, 0.25) is 5.91 Å². The molecule has 4 rings (SSSR count). The van der Waals surface area contributed by atoms with E-state index in [1.54, 1.807) is 12.4 Å². The van der Waals surface area contributed by atoms with Gasteiger partial charge in [-0.1, -0.05) is 39.8 Å². The Morgan fingerprint density at radius 1 is 1.13 bits per heavy atom. The number of hydrogen-bond donors (Lipinski definition) is 1. The molecule has 0 aliphatic carbocycles. The molecule has 1 aromatic carbocycles. The van der Waals surface area contributed by atoms with Crippen molar-refractivity contribution < 1.29 is 4.79 Å². The van der Waals surface area contributed by atoms with E-state index in [9.17, 15) is 4.79 Å². The number of hydrogen-bond acceptors (Lipinski definition) is 7. The van der Waals surface area contributed by atoms with Crippen molar-refractivity contribution in [3.8, 4) is 22.6 Å². The van der Waals surface area contributed by atoms with Crippen LogP contribution in [0.1, 0.15) is 6.92 Å². The third-order valence-corrected chi connectivity index (χ3v) is 6.45. The highest BCUT2D eigenvalue weighted by atomic mass is 79.9. The first-order chi connectivity index (χ1) is 14.6. The minimum absolute atomic E-state index is 0.132. The summed E-state index contributed by atoms with van der Waals surface area (Å²) in [5, 5.41) is 14.6. The Hall–Kier alpha value is -2.56. The molecule has 1 amide bonds. The average molecular weight is 501 g/mol. The van der Waals surface area contributed by atoms with Crippen LogP contribution in [0.25, 0.3) is 22.6 Å². The molecule has 3 heterocycles. The number of amides is 1. The summed E-state index contributed by atoms with van der Waals surface area (Å²) in [4.78, 5) is 21.0. The molecule has 3 aromatic heterocycles. The van der Waals surface area contributed by atoms with Crippen LogP contribution in [0.3, 0.4) is 0 Å². The van der Waals surface area contributed by atoms with Crippen molar-refractivity contribution in [2.75, 3.05) is 11.1 Å². The van der Waals surface area contributed by atoms with Gasteiger partial charge in [0, 0.05) is 39.9 Å². The van der Waals surface area contributed by atoms with Crippen molar-refractivity contribution in [2.45, 2.75) is 18.6 Å². The monoisotopic (exact) mass is 500 g/mol. The Labute approximate surface area is 190 Å². The van der Waals surface area contributed by atoms with Crippen LogP contribution in [0.15, 0.2) is 63.8 Å². The molecular weight excluding hydrogens is 484 g/mol. The summed E-state index contributed by atoms with van der Waals surface area (Å²) in [7, 11) is 0. The fraction of sp³-hybridized carbons (Fsp3) is 0.150. The summed E-state index contributed by atoms with van der Waals surface area (Å²) in [6, 6.07) is 11.7. The number of thioether (sulfide) groups is 1. The number of carbonyl (C=O) groups is 1. The van der Waals surface area contributed by atoms with Gasteiger partial charge in [-0.25, -0.2) is 4.98 Å². The van der Waals surface area contributed by atoms with E-state index < -0.39 is 0 Å². The highest BCUT2D eigenvalue weighted by Gasteiger charge is 2.15. The molecule has 30 heavy (non-hydrogen) atoms. The number of nitrogens with one attached hydrogen (secondary N) is 1. The highest BCUT2D eigenvalue weighted by molar-refractivity contribution is 9.10. The van der Waals surface area contributed by atoms with Gasteiger partial charge in [-0.15, -0.1) is 21.5 Å². The van der Waals surface area contributed by atoms with Gasteiger partial charge in [0.15, 0.2) is 16.1 Å². The Balaban J connectivity index is 1.39. The van der Waals surface area contributed by atoms with Crippen LogP contribution in [-0.2, 0) is 11.3 Å². The molecule has 0 spiro atoms. The Morgan fingerprint density at radius 2 is 1.90 bits per heavy atom. The van der Waals surface area contributed by atoms with Crippen LogP contribution in [0.4, 0.5) is 5.13 Å². The predicted octanol–water partition coefficient (Wildman–Crippen LogP) is 4.98. The van der Waals surface area contributed by atoms with E-state index in [0.29, 0.717) is 16.8 Å². The number of benzene rings is 1. The Bertz CT molecular complexity index is 1140. The fourth-order valence-corrected chi connectivity index (χ4v) is 4.57. The van der Waals surface area contributed by atoms with E-state index in [4.69, 9.17) is 0 Å². The van der Waals surface area contributed by atoms with Crippen molar-refractivity contribution in [1.82, 2.24) is 24.7 Å². The van der Waals surface area contributed by atoms with Gasteiger partial charge in [-0.05, 0) is 31.2 Å². The summed E-state index contributed by atoms with van der Waals surface area (Å²) in [6.07, 6.45) is 3.45. The Kier molecular flexibility index (Phi) is 6.56. The maximum absolute atomic E-state index is 12.4. The van der Waals surface area contributed by atoms with Crippen molar-refractivity contribution in [3.63, 3.8) is 0 Å². The molecule has 0 saturated carbocycles. The summed E-state index contributed by atoms with van der Waals surface area (Å²) < 4.78 is 3.00. The minimum Gasteiger partial charge on any atom is -0.302 e. The van der Waals surface area contributed by atoms with E-state index >= 15 is 0 Å². The zero-order valence-electron chi connectivity index (χ0n) is 15.9. The molecule has 0 radical (unpaired) electrons. The lowest BCUT2D eigenvalue weighted by Crippen LogP contribution is -2.14. The maximum atomic E-state index is 12.4. The average Bonchev–Trinajstić information content (AvgIpc) is 3.40. The summed E-state index contributed by atoms with van der Waals surface area (Å²) >= 11 is 6.18. The third-order valence-electron chi connectivity index (χ3n) is 4.19. The largest absolute Gasteiger partial charge is 0.302 e. The molecule has 0 unspecified atom stereocenters. The lowest BCUT2D eigenvalue weighted by atomic mass is 10.2. The van der Waals surface area contributed by atoms with Crippen molar-refractivity contribution in [2.24, 2.45) is 0 Å². The van der Waals surface area contributed by atoms with Crippen LogP contribution in [0, 0.1) is 0 Å². The second-order valence-electron chi connectivity index (χ2n) is 6.17. The number of aromatic nitrogens is 5. The molecule has 0 bridgehead atoms. The lowest BCUT2D eigenvalue weighted by molar-refractivity contribution is -0.113. The van der Waals surface area contributed by atoms with Crippen molar-refractivity contribution in [3.05, 3.63) is 58.6 Å². The van der Waals surface area contributed by atoms with Crippen LogP contribution >= 0.6 is 39.0 Å². The van der Waals surface area contributed by atoms with Gasteiger partial charge in [-0.3, -0.25) is 9.78 Å². The highest BCUT2D eigenvalue weighted by Crippen LogP contribution is 2.27. The molecule has 7 nitrogen and oxygen atoms in total. The van der Waals surface area contributed by atoms with Gasteiger partial charge < -0.3 is 9.88 Å². The summed E-state index contributed by atoms with van der Waals surface area (Å²) in [6.45, 7) is 2.73. The molecule has 0 saturated heterocycles. The van der Waals surface area contributed by atoms with Gasteiger partial charge in [0.05, 0.1) is 11.4 Å². The molecule has 4 aromatic rings. The number of pyridine rings is 1. The van der Waals surface area contributed by atoms with E-state index in [1.165, 1.54) is 23.1 Å². The number of rotatable bonds is 7. The summed E-state index contributed by atoms with van der Waals surface area (Å²) in [5.41, 5.74) is 2.78. The Morgan fingerprint density at radius 3 is 2.63 bits per heavy atom.